The molecular weight excluding hydrogens is 333 g/mol. The molecule has 0 spiro atoms. The smallest absolute Gasteiger partial charge is 0.264 e. The van der Waals surface area contributed by atoms with Gasteiger partial charge in [-0.2, -0.15) is 0 Å². The molecule has 1 aromatic carbocycles. The third kappa shape index (κ3) is 2.02. The van der Waals surface area contributed by atoms with Crippen LogP contribution in [0.1, 0.15) is 0 Å². The highest BCUT2D eigenvalue weighted by atomic mass is 79.9. The lowest BCUT2D eigenvalue weighted by molar-refractivity contribution is 0.529. The zero-order valence-electron chi connectivity index (χ0n) is 6.80. The molecule has 0 aliphatic carbocycles. The fraction of sp³-hybridized carbons (Fsp3) is 0. The minimum absolute atomic E-state index is 0.450. The Hall–Kier alpha value is -0.320. The largest absolute Gasteiger partial charge is 0.439 e. The van der Waals surface area contributed by atoms with Gasteiger partial charge in [0.05, 0.1) is 5.02 Å². The highest BCUT2D eigenvalue weighted by molar-refractivity contribution is 9.10. The van der Waals surface area contributed by atoms with Crippen molar-refractivity contribution in [1.29, 1.82) is 0 Å². The van der Waals surface area contributed by atoms with Gasteiger partial charge in [-0.3, -0.25) is 0 Å². The summed E-state index contributed by atoms with van der Waals surface area (Å²) in [5.41, 5.74) is 1.57. The maximum absolute atomic E-state index is 6.05. The zero-order chi connectivity index (χ0) is 10.1. The summed E-state index contributed by atoms with van der Waals surface area (Å²) >= 11 is 12.5. The number of rotatable bonds is 1. The molecule has 0 unspecified atom stereocenters. The van der Waals surface area contributed by atoms with Gasteiger partial charge < -0.3 is 4.42 Å². The Morgan fingerprint density at radius 1 is 1.29 bits per heavy atom. The molecule has 0 saturated carbocycles. The molecule has 0 aliphatic rings. The predicted octanol–water partition coefficient (Wildman–Crippen LogP) is 4.52. The standard InChI is InChI=1S/C9H4Br2ClNO/c10-5-1-2-6(7(12)3-5)8-4-14-9(11)13-8/h1-4H. The van der Waals surface area contributed by atoms with Gasteiger partial charge in [0.15, 0.2) is 0 Å². The second-order valence-corrected chi connectivity index (χ2v) is 4.61. The average molecular weight is 337 g/mol. The first-order valence-electron chi connectivity index (χ1n) is 3.73. The summed E-state index contributed by atoms with van der Waals surface area (Å²) in [7, 11) is 0. The van der Waals surface area contributed by atoms with Crippen molar-refractivity contribution < 1.29 is 4.42 Å². The Bertz CT molecular complexity index is 470. The lowest BCUT2D eigenvalue weighted by Crippen LogP contribution is -1.79. The van der Waals surface area contributed by atoms with Gasteiger partial charge in [0.2, 0.25) is 0 Å². The Labute approximate surface area is 103 Å². The van der Waals surface area contributed by atoms with Crippen molar-refractivity contribution in [3.8, 4) is 11.3 Å². The van der Waals surface area contributed by atoms with Crippen LogP contribution in [-0.2, 0) is 0 Å². The van der Waals surface area contributed by atoms with Crippen LogP contribution in [0.2, 0.25) is 5.02 Å². The number of nitrogens with zero attached hydrogens (tertiary/aromatic N) is 1. The van der Waals surface area contributed by atoms with Crippen molar-refractivity contribution in [3.63, 3.8) is 0 Å². The van der Waals surface area contributed by atoms with Gasteiger partial charge in [-0.25, -0.2) is 4.98 Å². The number of aromatic nitrogens is 1. The fourth-order valence-electron chi connectivity index (χ4n) is 1.07. The molecule has 1 aromatic heterocycles. The SMILES string of the molecule is Clc1cc(Br)ccc1-c1coc(Br)n1. The van der Waals surface area contributed by atoms with Gasteiger partial charge in [-0.1, -0.05) is 33.6 Å². The van der Waals surface area contributed by atoms with Crippen LogP contribution in [-0.4, -0.2) is 4.98 Å². The van der Waals surface area contributed by atoms with E-state index < -0.39 is 0 Å². The van der Waals surface area contributed by atoms with Gasteiger partial charge in [-0.05, 0) is 12.1 Å². The number of hydrogen-bond donors (Lipinski definition) is 0. The van der Waals surface area contributed by atoms with E-state index in [1.54, 1.807) is 6.26 Å². The van der Waals surface area contributed by atoms with Crippen molar-refractivity contribution in [2.75, 3.05) is 0 Å². The molecule has 0 amide bonds. The first-order valence-corrected chi connectivity index (χ1v) is 5.69. The summed E-state index contributed by atoms with van der Waals surface area (Å²) < 4.78 is 5.98. The lowest BCUT2D eigenvalue weighted by Gasteiger charge is -1.99. The third-order valence-electron chi connectivity index (χ3n) is 1.68. The molecule has 72 valence electrons. The van der Waals surface area contributed by atoms with E-state index in [1.165, 1.54) is 0 Å². The van der Waals surface area contributed by atoms with Crippen LogP contribution < -0.4 is 0 Å². The Kier molecular flexibility index (Phi) is 2.95. The number of halogens is 3. The molecule has 0 bridgehead atoms. The molecule has 2 nitrogen and oxygen atoms in total. The summed E-state index contributed by atoms with van der Waals surface area (Å²) in [6, 6.07) is 5.61. The van der Waals surface area contributed by atoms with E-state index in [0.717, 1.165) is 15.7 Å². The van der Waals surface area contributed by atoms with Gasteiger partial charge >= 0.3 is 0 Å². The van der Waals surface area contributed by atoms with Crippen molar-refractivity contribution in [3.05, 3.63) is 38.8 Å². The molecule has 2 rings (SSSR count). The number of benzene rings is 1. The summed E-state index contributed by atoms with van der Waals surface area (Å²) in [4.78, 5) is 4.57. The van der Waals surface area contributed by atoms with Crippen LogP contribution in [0.3, 0.4) is 0 Å². The molecule has 5 heteroatoms. The zero-order valence-corrected chi connectivity index (χ0v) is 10.7. The second-order valence-electron chi connectivity index (χ2n) is 2.61. The van der Waals surface area contributed by atoms with E-state index in [-0.39, 0.29) is 0 Å². The van der Waals surface area contributed by atoms with Crippen LogP contribution in [0.5, 0.6) is 0 Å². The van der Waals surface area contributed by atoms with Gasteiger partial charge in [0.25, 0.3) is 4.80 Å². The topological polar surface area (TPSA) is 26.0 Å². The van der Waals surface area contributed by atoms with Crippen molar-refractivity contribution >= 4 is 43.5 Å². The molecule has 14 heavy (non-hydrogen) atoms. The Balaban J connectivity index is 2.52. The summed E-state index contributed by atoms with van der Waals surface area (Å²) in [5.74, 6) is 0. The highest BCUT2D eigenvalue weighted by Crippen LogP contribution is 2.30. The average Bonchev–Trinajstić information content (AvgIpc) is 2.51. The second kappa shape index (κ2) is 4.04. The Morgan fingerprint density at radius 3 is 2.64 bits per heavy atom. The maximum Gasteiger partial charge on any atom is 0.264 e. The van der Waals surface area contributed by atoms with E-state index in [0.29, 0.717) is 9.82 Å². The molecule has 1 heterocycles. The molecule has 0 aliphatic heterocycles. The molecule has 0 saturated heterocycles. The molecule has 0 fully saturated rings. The van der Waals surface area contributed by atoms with E-state index in [1.807, 2.05) is 18.2 Å². The first-order chi connectivity index (χ1) is 6.66. The molecule has 2 aromatic rings. The third-order valence-corrected chi connectivity index (χ3v) is 2.85. The summed E-state index contributed by atoms with van der Waals surface area (Å²) in [5, 5.41) is 0.639. The van der Waals surface area contributed by atoms with Crippen LogP contribution in [0.25, 0.3) is 11.3 Å². The first kappa shape index (κ1) is 10.2. The van der Waals surface area contributed by atoms with E-state index >= 15 is 0 Å². The van der Waals surface area contributed by atoms with Crippen LogP contribution in [0, 0.1) is 0 Å². The normalized spacial score (nSPS) is 10.5. The van der Waals surface area contributed by atoms with E-state index in [2.05, 4.69) is 36.8 Å². The van der Waals surface area contributed by atoms with Crippen molar-refractivity contribution in [1.82, 2.24) is 4.98 Å². The summed E-state index contributed by atoms with van der Waals surface area (Å²) in [6.45, 7) is 0. The van der Waals surface area contributed by atoms with Crippen LogP contribution in [0.15, 0.2) is 38.2 Å². The van der Waals surface area contributed by atoms with Gasteiger partial charge in [0, 0.05) is 26.0 Å². The minimum Gasteiger partial charge on any atom is -0.439 e. The summed E-state index contributed by atoms with van der Waals surface area (Å²) in [6.07, 6.45) is 1.55. The minimum atomic E-state index is 0.450. The monoisotopic (exact) mass is 335 g/mol. The van der Waals surface area contributed by atoms with Gasteiger partial charge in [0.1, 0.15) is 12.0 Å². The lowest BCUT2D eigenvalue weighted by atomic mass is 10.2. The number of hydrogen-bond acceptors (Lipinski definition) is 2. The maximum atomic E-state index is 6.05. The van der Waals surface area contributed by atoms with Crippen LogP contribution >= 0.6 is 43.5 Å². The van der Waals surface area contributed by atoms with E-state index in [4.69, 9.17) is 16.0 Å². The van der Waals surface area contributed by atoms with E-state index in [9.17, 15) is 0 Å². The molecule has 0 atom stereocenters. The molecular formula is C9H4Br2ClNO. The fourth-order valence-corrected chi connectivity index (χ4v) is 2.13. The highest BCUT2D eigenvalue weighted by Gasteiger charge is 2.08. The van der Waals surface area contributed by atoms with Gasteiger partial charge in [-0.15, -0.1) is 0 Å². The van der Waals surface area contributed by atoms with Crippen LogP contribution in [0.4, 0.5) is 0 Å². The van der Waals surface area contributed by atoms with Crippen molar-refractivity contribution in [2.24, 2.45) is 0 Å². The van der Waals surface area contributed by atoms with Crippen molar-refractivity contribution in [2.45, 2.75) is 0 Å². The Morgan fingerprint density at radius 2 is 2.07 bits per heavy atom. The molecule has 0 N–H and O–H groups in total. The predicted molar refractivity (Wildman–Crippen MR) is 62.3 cm³/mol. The quantitative estimate of drug-likeness (QED) is 0.765. The number of oxazole rings is 1. The molecule has 0 radical (unpaired) electrons.